The van der Waals surface area contributed by atoms with Gasteiger partial charge in [0.2, 0.25) is 0 Å². The lowest BCUT2D eigenvalue weighted by Gasteiger charge is -2.34. The molecule has 3 fully saturated rings. The highest BCUT2D eigenvalue weighted by molar-refractivity contribution is 8.18. The molecule has 4 nitrogen and oxygen atoms in total. The largest absolute Gasteiger partial charge is 0.299 e. The predicted octanol–water partition coefficient (Wildman–Crippen LogP) is 5.10. The summed E-state index contributed by atoms with van der Waals surface area (Å²) in [6.45, 7) is 7.00. The Kier molecular flexibility index (Phi) is 4.27. The van der Waals surface area contributed by atoms with Gasteiger partial charge in [0.05, 0.1) is 4.91 Å². The van der Waals surface area contributed by atoms with Crippen LogP contribution in [0.1, 0.15) is 45.6 Å². The zero-order chi connectivity index (χ0) is 18.5. The highest BCUT2D eigenvalue weighted by Crippen LogP contribution is 2.64. The maximum Gasteiger partial charge on any atom is 0.264 e. The van der Waals surface area contributed by atoms with Gasteiger partial charge >= 0.3 is 0 Å². The summed E-state index contributed by atoms with van der Waals surface area (Å²) < 4.78 is 0. The second-order valence-electron chi connectivity index (χ2n) is 8.06. The first kappa shape index (κ1) is 17.8. The Labute approximate surface area is 163 Å². The van der Waals surface area contributed by atoms with Gasteiger partial charge in [0.15, 0.2) is 5.17 Å². The van der Waals surface area contributed by atoms with E-state index in [1.807, 2.05) is 30.3 Å². The van der Waals surface area contributed by atoms with Crippen molar-refractivity contribution in [2.75, 3.05) is 0 Å². The molecule has 1 aromatic carbocycles. The third-order valence-electron chi connectivity index (χ3n) is 6.59. The van der Waals surface area contributed by atoms with Gasteiger partial charge in [-0.05, 0) is 66.1 Å². The SMILES string of the molecule is CC1(C)[C@H]2CC[C@]1(C)/C(=N\N=C1/NC(=O)/C(=C\c3ccc(Cl)cc3)S1)C2. The molecule has 1 aliphatic heterocycles. The molecule has 6 heteroatoms. The molecule has 2 atom stereocenters. The van der Waals surface area contributed by atoms with E-state index < -0.39 is 0 Å². The standard InChI is InChI=1S/C20H22ClN3OS/c1-19(2)13-8-9-20(19,3)16(11-13)23-24-18-22-17(25)15(26-18)10-12-4-6-14(21)7-5-12/h4-7,10,13H,8-9,11H2,1-3H3,(H,22,24,25)/b15-10+,23-16-/t13-,20+/m0/s1. The minimum atomic E-state index is -0.136. The molecule has 1 N–H and O–H groups in total. The van der Waals surface area contributed by atoms with E-state index in [4.69, 9.17) is 11.6 Å². The molecule has 4 rings (SSSR count). The fourth-order valence-corrected chi connectivity index (χ4v) is 5.27. The minimum Gasteiger partial charge on any atom is -0.299 e. The van der Waals surface area contributed by atoms with Crippen LogP contribution in [0.5, 0.6) is 0 Å². The van der Waals surface area contributed by atoms with Crippen molar-refractivity contribution < 1.29 is 4.79 Å². The van der Waals surface area contributed by atoms with Gasteiger partial charge in [-0.15, -0.1) is 5.10 Å². The van der Waals surface area contributed by atoms with Crippen LogP contribution in [0.2, 0.25) is 5.02 Å². The van der Waals surface area contributed by atoms with Crippen LogP contribution < -0.4 is 5.32 Å². The molecular formula is C20H22ClN3OS. The molecule has 1 aromatic rings. The summed E-state index contributed by atoms with van der Waals surface area (Å²) in [6, 6.07) is 7.39. The highest BCUT2D eigenvalue weighted by Gasteiger charge is 2.60. The molecule has 2 aliphatic carbocycles. The first-order valence-electron chi connectivity index (χ1n) is 8.91. The Morgan fingerprint density at radius 3 is 2.58 bits per heavy atom. The van der Waals surface area contributed by atoms with E-state index >= 15 is 0 Å². The van der Waals surface area contributed by atoms with Crippen molar-refractivity contribution in [3.05, 3.63) is 39.8 Å². The zero-order valence-electron chi connectivity index (χ0n) is 15.2. The summed E-state index contributed by atoms with van der Waals surface area (Å²) in [5, 5.41) is 13.0. The summed E-state index contributed by atoms with van der Waals surface area (Å²) in [5.74, 6) is 0.556. The van der Waals surface area contributed by atoms with E-state index in [1.54, 1.807) is 0 Å². The normalized spacial score (nSPS) is 34.2. The molecule has 2 saturated carbocycles. The van der Waals surface area contributed by atoms with Gasteiger partial charge in [0.25, 0.3) is 5.91 Å². The molecule has 26 heavy (non-hydrogen) atoms. The number of halogens is 1. The number of carbonyl (C=O) groups is 1. The lowest BCUT2D eigenvalue weighted by atomic mass is 9.70. The van der Waals surface area contributed by atoms with Gasteiger partial charge in [-0.2, -0.15) is 5.10 Å². The van der Waals surface area contributed by atoms with Gasteiger partial charge in [-0.1, -0.05) is 44.5 Å². The van der Waals surface area contributed by atoms with Crippen molar-refractivity contribution in [2.24, 2.45) is 27.0 Å². The van der Waals surface area contributed by atoms with Gasteiger partial charge in [0, 0.05) is 16.1 Å². The van der Waals surface area contributed by atoms with E-state index in [-0.39, 0.29) is 16.7 Å². The maximum absolute atomic E-state index is 12.2. The van der Waals surface area contributed by atoms with Gasteiger partial charge in [-0.3, -0.25) is 10.1 Å². The molecule has 136 valence electrons. The van der Waals surface area contributed by atoms with E-state index in [9.17, 15) is 4.79 Å². The topological polar surface area (TPSA) is 53.8 Å². The van der Waals surface area contributed by atoms with Crippen LogP contribution in [0, 0.1) is 16.7 Å². The van der Waals surface area contributed by atoms with Crippen LogP contribution in [0.3, 0.4) is 0 Å². The smallest absolute Gasteiger partial charge is 0.264 e. The molecule has 1 saturated heterocycles. The summed E-state index contributed by atoms with van der Waals surface area (Å²) in [4.78, 5) is 12.8. The van der Waals surface area contributed by atoms with Crippen LogP contribution in [0.25, 0.3) is 6.08 Å². The second-order valence-corrected chi connectivity index (χ2v) is 9.53. The van der Waals surface area contributed by atoms with Gasteiger partial charge in [0.1, 0.15) is 0 Å². The molecule has 3 aliphatic rings. The Morgan fingerprint density at radius 2 is 1.96 bits per heavy atom. The summed E-state index contributed by atoms with van der Waals surface area (Å²) in [6.07, 6.45) is 5.31. The second kappa shape index (κ2) is 6.24. The number of rotatable bonds is 2. The van der Waals surface area contributed by atoms with E-state index in [0.717, 1.165) is 12.0 Å². The van der Waals surface area contributed by atoms with Crippen LogP contribution in [0.4, 0.5) is 0 Å². The van der Waals surface area contributed by atoms with E-state index in [0.29, 0.717) is 21.0 Å². The minimum absolute atomic E-state index is 0.122. The van der Waals surface area contributed by atoms with Gasteiger partial charge in [-0.25, -0.2) is 0 Å². The third-order valence-corrected chi connectivity index (χ3v) is 7.74. The summed E-state index contributed by atoms with van der Waals surface area (Å²) in [7, 11) is 0. The summed E-state index contributed by atoms with van der Waals surface area (Å²) >= 11 is 7.23. The molecule has 0 spiro atoms. The Balaban J connectivity index is 1.53. The van der Waals surface area contributed by atoms with Crippen LogP contribution in [-0.2, 0) is 4.79 Å². The van der Waals surface area contributed by atoms with E-state index in [2.05, 4.69) is 36.3 Å². The quantitative estimate of drug-likeness (QED) is 0.566. The average Bonchev–Trinajstić information content (AvgIpc) is 3.12. The number of fused-ring (bicyclic) bond motifs is 2. The Hall–Kier alpha value is -1.59. The number of hydrogen-bond acceptors (Lipinski definition) is 4. The van der Waals surface area contributed by atoms with Crippen molar-refractivity contribution in [1.29, 1.82) is 0 Å². The number of benzene rings is 1. The Morgan fingerprint density at radius 1 is 1.23 bits per heavy atom. The monoisotopic (exact) mass is 387 g/mol. The average molecular weight is 388 g/mol. The van der Waals surface area contributed by atoms with Crippen molar-refractivity contribution in [1.82, 2.24) is 5.32 Å². The fourth-order valence-electron chi connectivity index (χ4n) is 4.37. The van der Waals surface area contributed by atoms with E-state index in [1.165, 1.54) is 30.3 Å². The lowest BCUT2D eigenvalue weighted by Crippen LogP contribution is -2.32. The number of amides is 1. The first-order valence-corrected chi connectivity index (χ1v) is 10.1. The third kappa shape index (κ3) is 2.81. The van der Waals surface area contributed by atoms with Crippen LogP contribution >= 0.6 is 23.4 Å². The molecule has 2 bridgehead atoms. The number of nitrogens with one attached hydrogen (secondary N) is 1. The number of carbonyl (C=O) groups excluding carboxylic acids is 1. The number of amidine groups is 1. The van der Waals surface area contributed by atoms with Crippen molar-refractivity contribution in [3.8, 4) is 0 Å². The van der Waals surface area contributed by atoms with Crippen molar-refractivity contribution >= 4 is 46.2 Å². The Bertz CT molecular complexity index is 856. The molecule has 0 aromatic heterocycles. The molecule has 0 unspecified atom stereocenters. The predicted molar refractivity (Wildman–Crippen MR) is 109 cm³/mol. The van der Waals surface area contributed by atoms with Gasteiger partial charge < -0.3 is 0 Å². The highest BCUT2D eigenvalue weighted by atomic mass is 35.5. The van der Waals surface area contributed by atoms with Crippen molar-refractivity contribution in [3.63, 3.8) is 0 Å². The molecule has 1 heterocycles. The number of nitrogens with zero attached hydrogens (tertiary/aromatic N) is 2. The molecular weight excluding hydrogens is 366 g/mol. The zero-order valence-corrected chi connectivity index (χ0v) is 16.7. The first-order chi connectivity index (χ1) is 12.3. The molecule has 0 radical (unpaired) electrons. The van der Waals surface area contributed by atoms with Crippen molar-refractivity contribution in [2.45, 2.75) is 40.0 Å². The summed E-state index contributed by atoms with van der Waals surface area (Å²) in [5.41, 5.74) is 2.51. The van der Waals surface area contributed by atoms with Crippen LogP contribution in [0.15, 0.2) is 39.4 Å². The maximum atomic E-state index is 12.2. The molecule has 1 amide bonds. The number of thioether (sulfide) groups is 1. The number of hydrogen-bond donors (Lipinski definition) is 1. The fraction of sp³-hybridized carbons (Fsp3) is 0.450. The van der Waals surface area contributed by atoms with Crippen LogP contribution in [-0.4, -0.2) is 16.8 Å². The lowest BCUT2D eigenvalue weighted by molar-refractivity contribution is -0.115.